The lowest BCUT2D eigenvalue weighted by atomic mass is 10.0. The number of hydrogen-bond donors (Lipinski definition) is 5. The summed E-state index contributed by atoms with van der Waals surface area (Å²) in [6.07, 6.45) is 3.57. The van der Waals surface area contributed by atoms with Crippen molar-refractivity contribution in [2.24, 2.45) is 12.8 Å². The topological polar surface area (TPSA) is 154 Å². The predicted molar refractivity (Wildman–Crippen MR) is 150 cm³/mol. The molecule has 3 atom stereocenters. The second kappa shape index (κ2) is 11.7. The number of amides is 5. The number of hydrogen-bond acceptors (Lipinski definition) is 4. The fourth-order valence-corrected chi connectivity index (χ4v) is 5.19. The number of halogens is 2. The van der Waals surface area contributed by atoms with E-state index in [2.05, 4.69) is 20.9 Å². The number of H-pyrrole nitrogens is 1. The van der Waals surface area contributed by atoms with Gasteiger partial charge in [-0.05, 0) is 42.3 Å². The summed E-state index contributed by atoms with van der Waals surface area (Å²) in [5, 5.41) is 8.53. The third-order valence-electron chi connectivity index (χ3n) is 7.30. The van der Waals surface area contributed by atoms with Crippen LogP contribution in [-0.4, -0.2) is 62.9 Å². The Morgan fingerprint density at radius 2 is 1.88 bits per heavy atom. The number of aryl methyl sites for hydroxylation is 1. The number of likely N-dealkylation sites (tertiary alicyclic amines) is 1. The normalized spacial score (nSPS) is 17.2. The number of primary amides is 1. The molecule has 5 rings (SSSR count). The van der Waals surface area contributed by atoms with Gasteiger partial charge in [-0.3, -0.25) is 14.4 Å². The standard InChI is InChI=1S/C29H29F2N7O4/c1-37-10-4-7-24(37)28(41)38-15-18(34-29(42)36-22-9-8-17(30)12-20(22)31)13-25(38)27(40)35-23(26(32)39)11-16-14-33-21-6-3-2-5-19(16)21/h2-10,12,14,18,23,25,33H,11,13,15H2,1H3,(H2,32,39)(H,35,40)(H2,34,36,42)/t18-,23+,25-/m0/s1. The molecule has 3 heterocycles. The molecule has 2 aromatic heterocycles. The number of nitrogens with zero attached hydrogens (tertiary/aromatic N) is 2. The van der Waals surface area contributed by atoms with Gasteiger partial charge in [0.2, 0.25) is 11.8 Å². The smallest absolute Gasteiger partial charge is 0.319 e. The molecule has 13 heteroatoms. The van der Waals surface area contributed by atoms with Crippen molar-refractivity contribution in [1.29, 1.82) is 0 Å². The number of anilines is 1. The van der Waals surface area contributed by atoms with Gasteiger partial charge in [0.25, 0.3) is 5.91 Å². The summed E-state index contributed by atoms with van der Waals surface area (Å²) in [4.78, 5) is 56.5. The van der Waals surface area contributed by atoms with Crippen LogP contribution in [0, 0.1) is 11.6 Å². The second-order valence-electron chi connectivity index (χ2n) is 10.2. The Hall–Kier alpha value is -5.20. The number of benzene rings is 2. The van der Waals surface area contributed by atoms with E-state index in [1.165, 1.54) is 4.90 Å². The van der Waals surface area contributed by atoms with Gasteiger partial charge in [0.05, 0.1) is 11.7 Å². The molecule has 4 aromatic rings. The van der Waals surface area contributed by atoms with Gasteiger partial charge < -0.3 is 36.1 Å². The molecule has 1 fully saturated rings. The average molecular weight is 578 g/mol. The quantitative estimate of drug-likeness (QED) is 0.218. The monoisotopic (exact) mass is 577 g/mol. The van der Waals surface area contributed by atoms with E-state index in [-0.39, 0.29) is 25.1 Å². The number of urea groups is 1. The molecule has 0 saturated carbocycles. The molecule has 218 valence electrons. The Morgan fingerprint density at radius 1 is 1.10 bits per heavy atom. The summed E-state index contributed by atoms with van der Waals surface area (Å²) in [5.74, 6) is -3.57. The Morgan fingerprint density at radius 3 is 2.60 bits per heavy atom. The van der Waals surface area contributed by atoms with E-state index < -0.39 is 53.5 Å². The maximum absolute atomic E-state index is 14.0. The van der Waals surface area contributed by atoms with Crippen LogP contribution in [0.3, 0.4) is 0 Å². The van der Waals surface area contributed by atoms with Gasteiger partial charge in [0.1, 0.15) is 29.4 Å². The number of para-hydroxylation sites is 1. The lowest BCUT2D eigenvalue weighted by Crippen LogP contribution is -2.53. The van der Waals surface area contributed by atoms with Gasteiger partial charge in [-0.2, -0.15) is 0 Å². The van der Waals surface area contributed by atoms with Crippen LogP contribution in [-0.2, 0) is 23.1 Å². The largest absolute Gasteiger partial charge is 0.368 e. The van der Waals surface area contributed by atoms with Gasteiger partial charge in [0.15, 0.2) is 0 Å². The Kier molecular flexibility index (Phi) is 7.91. The first-order valence-electron chi connectivity index (χ1n) is 13.2. The highest BCUT2D eigenvalue weighted by molar-refractivity contribution is 5.98. The minimum absolute atomic E-state index is 0.0138. The maximum Gasteiger partial charge on any atom is 0.319 e. The number of aromatic amines is 1. The maximum atomic E-state index is 14.0. The lowest BCUT2D eigenvalue weighted by molar-refractivity contribution is -0.129. The van der Waals surface area contributed by atoms with Crippen LogP contribution in [0.2, 0.25) is 0 Å². The molecule has 0 radical (unpaired) electrons. The van der Waals surface area contributed by atoms with Crippen molar-refractivity contribution >= 4 is 40.3 Å². The van der Waals surface area contributed by atoms with Crippen molar-refractivity contribution in [2.45, 2.75) is 31.0 Å². The zero-order valence-corrected chi connectivity index (χ0v) is 22.6. The molecule has 2 aromatic carbocycles. The van der Waals surface area contributed by atoms with Crippen LogP contribution in [0.5, 0.6) is 0 Å². The summed E-state index contributed by atoms with van der Waals surface area (Å²) in [5.41, 5.74) is 7.38. The summed E-state index contributed by atoms with van der Waals surface area (Å²) >= 11 is 0. The molecule has 1 aliphatic heterocycles. The fourth-order valence-electron chi connectivity index (χ4n) is 5.19. The average Bonchev–Trinajstić information content (AvgIpc) is 3.68. The minimum atomic E-state index is -1.07. The molecule has 5 amide bonds. The van der Waals surface area contributed by atoms with E-state index in [9.17, 15) is 28.0 Å². The van der Waals surface area contributed by atoms with Crippen molar-refractivity contribution in [2.75, 3.05) is 11.9 Å². The zero-order chi connectivity index (χ0) is 30.0. The zero-order valence-electron chi connectivity index (χ0n) is 22.6. The number of fused-ring (bicyclic) bond motifs is 1. The minimum Gasteiger partial charge on any atom is -0.368 e. The van der Waals surface area contributed by atoms with Crippen LogP contribution in [0.1, 0.15) is 22.5 Å². The molecule has 6 N–H and O–H groups in total. The molecule has 1 saturated heterocycles. The van der Waals surface area contributed by atoms with Crippen LogP contribution < -0.4 is 21.7 Å². The molecule has 0 aliphatic carbocycles. The summed E-state index contributed by atoms with van der Waals surface area (Å²) in [7, 11) is 1.68. The molecule has 0 spiro atoms. The Balaban J connectivity index is 1.33. The predicted octanol–water partition coefficient (Wildman–Crippen LogP) is 2.40. The number of carbonyl (C=O) groups excluding carboxylic acids is 4. The molecule has 0 bridgehead atoms. The van der Waals surface area contributed by atoms with Crippen molar-refractivity contribution in [3.8, 4) is 0 Å². The second-order valence-corrected chi connectivity index (χ2v) is 10.2. The summed E-state index contributed by atoms with van der Waals surface area (Å²) in [6, 6.07) is 9.88. The van der Waals surface area contributed by atoms with Gasteiger partial charge in [-0.1, -0.05) is 18.2 Å². The Labute approximate surface area is 239 Å². The first kappa shape index (κ1) is 28.3. The Bertz CT molecular complexity index is 1670. The van der Waals surface area contributed by atoms with E-state index in [4.69, 9.17) is 5.73 Å². The van der Waals surface area contributed by atoms with E-state index in [0.717, 1.165) is 28.6 Å². The first-order valence-corrected chi connectivity index (χ1v) is 13.2. The molecular weight excluding hydrogens is 548 g/mol. The fraction of sp³-hybridized carbons (Fsp3) is 0.241. The summed E-state index contributed by atoms with van der Waals surface area (Å²) < 4.78 is 28.9. The van der Waals surface area contributed by atoms with E-state index >= 15 is 0 Å². The van der Waals surface area contributed by atoms with Crippen LogP contribution in [0.15, 0.2) is 67.0 Å². The van der Waals surface area contributed by atoms with Crippen LogP contribution in [0.25, 0.3) is 10.9 Å². The highest BCUT2D eigenvalue weighted by atomic mass is 19.1. The van der Waals surface area contributed by atoms with Crippen LogP contribution >= 0.6 is 0 Å². The van der Waals surface area contributed by atoms with Crippen molar-refractivity contribution < 1.29 is 28.0 Å². The van der Waals surface area contributed by atoms with Gasteiger partial charge in [-0.15, -0.1) is 0 Å². The van der Waals surface area contributed by atoms with Crippen molar-refractivity contribution in [3.63, 3.8) is 0 Å². The summed E-state index contributed by atoms with van der Waals surface area (Å²) in [6.45, 7) is -0.0366. The molecular formula is C29H29F2N7O4. The number of nitrogens with one attached hydrogen (secondary N) is 4. The molecule has 42 heavy (non-hydrogen) atoms. The SMILES string of the molecule is Cn1cccc1C(=O)N1C[C@@H](NC(=O)Nc2ccc(F)cc2F)C[C@H]1C(=O)N[C@H](Cc1c[nH]c2ccccc12)C(N)=O. The number of rotatable bonds is 8. The number of nitrogens with two attached hydrogens (primary N) is 1. The van der Waals surface area contributed by atoms with Crippen molar-refractivity contribution in [3.05, 3.63) is 89.9 Å². The lowest BCUT2D eigenvalue weighted by Gasteiger charge is -2.25. The van der Waals surface area contributed by atoms with E-state index in [0.29, 0.717) is 11.8 Å². The van der Waals surface area contributed by atoms with Gasteiger partial charge in [-0.25, -0.2) is 13.6 Å². The highest BCUT2D eigenvalue weighted by Crippen LogP contribution is 2.23. The number of aromatic nitrogens is 2. The van der Waals surface area contributed by atoms with Gasteiger partial charge in [0, 0.05) is 49.4 Å². The van der Waals surface area contributed by atoms with Gasteiger partial charge >= 0.3 is 6.03 Å². The highest BCUT2D eigenvalue weighted by Gasteiger charge is 2.42. The molecule has 1 aliphatic rings. The van der Waals surface area contributed by atoms with E-state index in [1.54, 1.807) is 36.1 Å². The molecule has 11 nitrogen and oxygen atoms in total. The first-order chi connectivity index (χ1) is 20.1. The third kappa shape index (κ3) is 5.94. The number of carbonyl (C=O) groups is 4. The third-order valence-corrected chi connectivity index (χ3v) is 7.30. The van der Waals surface area contributed by atoms with E-state index in [1.807, 2.05) is 24.3 Å². The molecule has 0 unspecified atom stereocenters. The van der Waals surface area contributed by atoms with Crippen LogP contribution in [0.4, 0.5) is 19.3 Å². The van der Waals surface area contributed by atoms with Crippen molar-refractivity contribution in [1.82, 2.24) is 25.1 Å².